The second kappa shape index (κ2) is 10.3. The fourth-order valence-electron chi connectivity index (χ4n) is 4.93. The predicted octanol–water partition coefficient (Wildman–Crippen LogP) is 4.08. The molecule has 1 aliphatic heterocycles. The van der Waals surface area contributed by atoms with E-state index in [1.807, 2.05) is 68.4 Å². The summed E-state index contributed by atoms with van der Waals surface area (Å²) in [5.41, 5.74) is 10.4. The maximum Gasteiger partial charge on any atom is 0.304 e. The first-order valence-corrected chi connectivity index (χ1v) is 13.4. The molecule has 9 heteroatoms. The van der Waals surface area contributed by atoms with Gasteiger partial charge in [0.25, 0.3) is 0 Å². The van der Waals surface area contributed by atoms with E-state index in [9.17, 15) is 18.3 Å². The number of nitrogens with two attached hydrogens (primary N) is 1. The molecule has 190 valence electrons. The molecular weight excluding hydrogens is 476 g/mol. The van der Waals surface area contributed by atoms with Crippen LogP contribution in [0.3, 0.4) is 0 Å². The number of hydrogen-bond donors (Lipinski definition) is 4. The van der Waals surface area contributed by atoms with Crippen LogP contribution in [0, 0.1) is 13.8 Å². The van der Waals surface area contributed by atoms with Gasteiger partial charge in [-0.05, 0) is 58.9 Å². The lowest BCUT2D eigenvalue weighted by Gasteiger charge is -2.29. The van der Waals surface area contributed by atoms with Gasteiger partial charge < -0.3 is 15.8 Å². The largest absolute Gasteiger partial charge is 0.481 e. The van der Waals surface area contributed by atoms with E-state index in [-0.39, 0.29) is 18.7 Å². The van der Waals surface area contributed by atoms with Crippen LogP contribution < -0.4 is 16.6 Å². The van der Waals surface area contributed by atoms with Gasteiger partial charge in [0.2, 0.25) is 10.0 Å². The summed E-state index contributed by atoms with van der Waals surface area (Å²) in [5.74, 6) is 4.40. The Hall–Kier alpha value is -3.40. The van der Waals surface area contributed by atoms with Crippen molar-refractivity contribution in [3.63, 3.8) is 0 Å². The molecule has 4 rings (SSSR count). The van der Waals surface area contributed by atoms with Gasteiger partial charge >= 0.3 is 5.97 Å². The Bertz CT molecular complexity index is 1400. The number of hydrazine groups is 1. The number of hydrogen-bond acceptors (Lipinski definition) is 6. The lowest BCUT2D eigenvalue weighted by molar-refractivity contribution is -0.137. The Kier molecular flexibility index (Phi) is 7.35. The molecule has 0 spiro atoms. The normalized spacial score (nSPS) is 15.7. The molecule has 1 unspecified atom stereocenters. The molecular formula is C27H32N4O4S. The number of nitrogens with one attached hydrogen (secondary N) is 2. The van der Waals surface area contributed by atoms with Gasteiger partial charge in [-0.25, -0.2) is 8.42 Å². The zero-order valence-electron chi connectivity index (χ0n) is 20.7. The molecule has 3 aromatic rings. The highest BCUT2D eigenvalue weighted by Gasteiger charge is 2.30. The minimum absolute atomic E-state index is 0.0184. The highest BCUT2D eigenvalue weighted by molar-refractivity contribution is 7.88. The Morgan fingerprint density at radius 3 is 2.50 bits per heavy atom. The monoisotopic (exact) mass is 508 g/mol. The number of nitrogen functional groups attached to an aromatic ring is 1. The van der Waals surface area contributed by atoms with Gasteiger partial charge in [0.05, 0.1) is 23.5 Å². The first kappa shape index (κ1) is 25.7. The van der Waals surface area contributed by atoms with Crippen LogP contribution >= 0.6 is 0 Å². The average molecular weight is 509 g/mol. The Morgan fingerprint density at radius 2 is 1.83 bits per heavy atom. The molecule has 0 amide bonds. The van der Waals surface area contributed by atoms with Crippen LogP contribution in [-0.4, -0.2) is 30.8 Å². The van der Waals surface area contributed by atoms with Crippen molar-refractivity contribution in [2.75, 3.05) is 17.8 Å². The smallest absolute Gasteiger partial charge is 0.304 e. The summed E-state index contributed by atoms with van der Waals surface area (Å²) < 4.78 is 27.6. The van der Waals surface area contributed by atoms with Crippen LogP contribution in [0.25, 0.3) is 0 Å². The standard InChI is InChI=1S/C27H32N4O4S/c1-17-8-9-19(24(13-26(32)33)23-10-11-25(29-3)27(30-28)18(23)2)12-22(17)15-31-14-20-6-4-5-7-21(20)16-36(31,34)35/h4-12,24,29-30H,13-16,28H2,1-3H3,(H,32,33). The summed E-state index contributed by atoms with van der Waals surface area (Å²) in [4.78, 5) is 11.9. The van der Waals surface area contributed by atoms with E-state index >= 15 is 0 Å². The fourth-order valence-corrected chi connectivity index (χ4v) is 6.46. The van der Waals surface area contributed by atoms with Crippen LogP contribution in [-0.2, 0) is 33.7 Å². The van der Waals surface area contributed by atoms with Crippen LogP contribution in [0.5, 0.6) is 0 Å². The number of aryl methyl sites for hydroxylation is 1. The minimum Gasteiger partial charge on any atom is -0.481 e. The Morgan fingerprint density at radius 1 is 1.11 bits per heavy atom. The molecule has 0 saturated heterocycles. The number of carboxylic acids is 1. The number of carboxylic acid groups (broad SMARTS) is 1. The van der Waals surface area contributed by atoms with E-state index in [1.54, 1.807) is 7.05 Å². The van der Waals surface area contributed by atoms with Crippen molar-refractivity contribution in [3.8, 4) is 0 Å². The predicted molar refractivity (Wildman–Crippen MR) is 142 cm³/mol. The maximum absolute atomic E-state index is 13.0. The SMILES string of the molecule is CNc1ccc(C(CC(=O)O)c2ccc(C)c(CN3Cc4ccccc4CS3(=O)=O)c2)c(C)c1NN. The molecule has 8 nitrogen and oxygen atoms in total. The van der Waals surface area contributed by atoms with Gasteiger partial charge in [0.15, 0.2) is 0 Å². The van der Waals surface area contributed by atoms with Crippen molar-refractivity contribution in [1.82, 2.24) is 4.31 Å². The van der Waals surface area contributed by atoms with Gasteiger partial charge in [-0.1, -0.05) is 48.5 Å². The summed E-state index contributed by atoms with van der Waals surface area (Å²) in [6, 6.07) is 17.2. The minimum atomic E-state index is -3.47. The summed E-state index contributed by atoms with van der Waals surface area (Å²) >= 11 is 0. The van der Waals surface area contributed by atoms with Crippen LogP contribution in [0.1, 0.15) is 51.3 Å². The van der Waals surface area contributed by atoms with Crippen molar-refractivity contribution in [2.24, 2.45) is 5.84 Å². The first-order chi connectivity index (χ1) is 17.1. The number of fused-ring (bicyclic) bond motifs is 1. The Balaban J connectivity index is 1.73. The van der Waals surface area contributed by atoms with Crippen LogP contribution in [0.4, 0.5) is 11.4 Å². The number of carbonyl (C=O) groups is 1. The molecule has 0 fully saturated rings. The highest BCUT2D eigenvalue weighted by Crippen LogP contribution is 2.37. The van der Waals surface area contributed by atoms with Crippen molar-refractivity contribution in [2.45, 2.75) is 45.0 Å². The Labute approximate surface area is 212 Å². The fraction of sp³-hybridized carbons (Fsp3) is 0.296. The zero-order chi connectivity index (χ0) is 26.0. The lowest BCUT2D eigenvalue weighted by atomic mass is 9.84. The van der Waals surface area contributed by atoms with Gasteiger partial charge in [0.1, 0.15) is 0 Å². The van der Waals surface area contributed by atoms with Gasteiger partial charge in [-0.15, -0.1) is 0 Å². The maximum atomic E-state index is 13.0. The second-order valence-electron chi connectivity index (χ2n) is 9.23. The quantitative estimate of drug-likeness (QED) is 0.267. The van der Waals surface area contributed by atoms with Crippen molar-refractivity contribution < 1.29 is 18.3 Å². The molecule has 5 N–H and O–H groups in total. The van der Waals surface area contributed by atoms with E-state index in [0.717, 1.165) is 44.6 Å². The molecule has 0 aromatic heterocycles. The topological polar surface area (TPSA) is 125 Å². The highest BCUT2D eigenvalue weighted by atomic mass is 32.2. The summed E-state index contributed by atoms with van der Waals surface area (Å²) in [7, 11) is -1.67. The third-order valence-electron chi connectivity index (χ3n) is 6.99. The van der Waals surface area contributed by atoms with Gasteiger partial charge in [-0.3, -0.25) is 10.6 Å². The number of anilines is 2. The van der Waals surface area contributed by atoms with Crippen LogP contribution in [0.15, 0.2) is 54.6 Å². The third kappa shape index (κ3) is 5.09. The zero-order valence-corrected chi connectivity index (χ0v) is 21.5. The second-order valence-corrected chi connectivity index (χ2v) is 11.2. The third-order valence-corrected chi connectivity index (χ3v) is 8.71. The van der Waals surface area contributed by atoms with E-state index in [0.29, 0.717) is 12.2 Å². The number of benzene rings is 3. The molecule has 0 saturated carbocycles. The summed E-state index contributed by atoms with van der Waals surface area (Å²) in [6.07, 6.45) is -0.109. The van der Waals surface area contributed by atoms with Crippen molar-refractivity contribution >= 4 is 27.4 Å². The molecule has 1 aliphatic rings. The number of aliphatic carboxylic acids is 1. The molecule has 1 atom stereocenters. The average Bonchev–Trinajstić information content (AvgIpc) is 2.83. The van der Waals surface area contributed by atoms with Gasteiger partial charge in [0, 0.05) is 26.1 Å². The van der Waals surface area contributed by atoms with Crippen molar-refractivity contribution in [3.05, 3.63) is 93.5 Å². The number of sulfonamides is 1. The van der Waals surface area contributed by atoms with E-state index in [1.165, 1.54) is 4.31 Å². The number of rotatable bonds is 8. The molecule has 1 heterocycles. The first-order valence-electron chi connectivity index (χ1n) is 11.8. The van der Waals surface area contributed by atoms with E-state index in [2.05, 4.69) is 10.7 Å². The molecule has 0 bridgehead atoms. The molecule has 36 heavy (non-hydrogen) atoms. The molecule has 0 aliphatic carbocycles. The van der Waals surface area contributed by atoms with E-state index in [4.69, 9.17) is 5.84 Å². The summed E-state index contributed by atoms with van der Waals surface area (Å²) in [6.45, 7) is 4.40. The molecule has 0 radical (unpaired) electrons. The molecule has 3 aromatic carbocycles. The van der Waals surface area contributed by atoms with Crippen LogP contribution in [0.2, 0.25) is 0 Å². The van der Waals surface area contributed by atoms with E-state index < -0.39 is 21.9 Å². The lowest BCUT2D eigenvalue weighted by Crippen LogP contribution is -2.35. The summed E-state index contributed by atoms with van der Waals surface area (Å²) in [5, 5.41) is 12.8. The van der Waals surface area contributed by atoms with Crippen molar-refractivity contribution in [1.29, 1.82) is 0 Å². The van der Waals surface area contributed by atoms with Gasteiger partial charge in [-0.2, -0.15) is 4.31 Å². The number of nitrogens with zero attached hydrogens (tertiary/aromatic N) is 1.